The zero-order valence-electron chi connectivity index (χ0n) is 12.8. The van der Waals surface area contributed by atoms with Crippen molar-refractivity contribution in [2.24, 2.45) is 0 Å². The number of hydrogen-bond acceptors (Lipinski definition) is 3. The molecule has 3 heterocycles. The number of rotatable bonds is 4. The lowest BCUT2D eigenvalue weighted by Gasteiger charge is -2.29. The number of halogens is 1. The molecule has 6 heteroatoms. The number of piperidine rings is 1. The Morgan fingerprint density at radius 2 is 2.14 bits per heavy atom. The predicted molar refractivity (Wildman–Crippen MR) is 87.4 cm³/mol. The molecule has 0 saturated carbocycles. The SMILES string of the molecule is CC(CN1CCCCC1)NC(=O)c1c(Cl)nc2ccccn12. The largest absolute Gasteiger partial charge is 0.347 e. The molecule has 0 spiro atoms. The Bertz CT molecular complexity index is 663. The molecule has 5 nitrogen and oxygen atoms in total. The molecule has 0 radical (unpaired) electrons. The molecular weight excluding hydrogens is 300 g/mol. The first-order chi connectivity index (χ1) is 10.6. The van der Waals surface area contributed by atoms with Crippen molar-refractivity contribution in [1.82, 2.24) is 19.6 Å². The molecule has 2 aromatic rings. The van der Waals surface area contributed by atoms with Gasteiger partial charge in [-0.2, -0.15) is 0 Å². The summed E-state index contributed by atoms with van der Waals surface area (Å²) in [6.45, 7) is 5.15. The van der Waals surface area contributed by atoms with Crippen LogP contribution in [-0.2, 0) is 0 Å². The van der Waals surface area contributed by atoms with Crippen molar-refractivity contribution in [1.29, 1.82) is 0 Å². The fraction of sp³-hybridized carbons (Fsp3) is 0.500. The van der Waals surface area contributed by atoms with Gasteiger partial charge in [0, 0.05) is 18.8 Å². The number of imidazole rings is 1. The number of carbonyl (C=O) groups is 1. The van der Waals surface area contributed by atoms with Crippen LogP contribution in [0, 0.1) is 0 Å². The molecule has 0 bridgehead atoms. The van der Waals surface area contributed by atoms with Crippen LogP contribution in [0.15, 0.2) is 24.4 Å². The van der Waals surface area contributed by atoms with E-state index in [1.165, 1.54) is 19.3 Å². The normalized spacial score (nSPS) is 17.5. The molecule has 1 amide bonds. The predicted octanol–water partition coefficient (Wildman–Crippen LogP) is 2.59. The maximum Gasteiger partial charge on any atom is 0.271 e. The van der Waals surface area contributed by atoms with Gasteiger partial charge in [0.15, 0.2) is 10.8 Å². The van der Waals surface area contributed by atoms with Crippen LogP contribution in [0.4, 0.5) is 0 Å². The molecule has 1 N–H and O–H groups in total. The summed E-state index contributed by atoms with van der Waals surface area (Å²) in [6, 6.07) is 5.65. The summed E-state index contributed by atoms with van der Waals surface area (Å²) in [5.41, 5.74) is 1.09. The van der Waals surface area contributed by atoms with Gasteiger partial charge in [0.1, 0.15) is 5.65 Å². The average molecular weight is 321 g/mol. The first-order valence-corrected chi connectivity index (χ1v) is 8.19. The molecule has 3 rings (SSSR count). The quantitative estimate of drug-likeness (QED) is 0.942. The van der Waals surface area contributed by atoms with Crippen molar-refractivity contribution in [3.05, 3.63) is 35.2 Å². The highest BCUT2D eigenvalue weighted by Gasteiger charge is 2.20. The molecule has 1 aliphatic heterocycles. The van der Waals surface area contributed by atoms with E-state index in [1.54, 1.807) is 10.6 Å². The van der Waals surface area contributed by atoms with Gasteiger partial charge >= 0.3 is 0 Å². The van der Waals surface area contributed by atoms with Gasteiger partial charge < -0.3 is 10.2 Å². The molecule has 1 fully saturated rings. The first-order valence-electron chi connectivity index (χ1n) is 7.81. The highest BCUT2D eigenvalue weighted by atomic mass is 35.5. The Balaban J connectivity index is 1.69. The summed E-state index contributed by atoms with van der Waals surface area (Å²) in [5.74, 6) is -0.173. The van der Waals surface area contributed by atoms with E-state index in [4.69, 9.17) is 11.6 Å². The molecule has 1 aliphatic rings. The number of carbonyl (C=O) groups excluding carboxylic acids is 1. The minimum Gasteiger partial charge on any atom is -0.347 e. The van der Waals surface area contributed by atoms with Crippen LogP contribution in [-0.4, -0.2) is 45.9 Å². The molecular formula is C16H21ClN4O. The van der Waals surface area contributed by atoms with E-state index in [0.29, 0.717) is 11.3 Å². The fourth-order valence-electron chi connectivity index (χ4n) is 3.04. The standard InChI is InChI=1S/C16H21ClN4O/c1-12(11-20-8-4-2-5-9-20)18-16(22)14-15(17)19-13-7-3-6-10-21(13)14/h3,6-7,10,12H,2,4-5,8-9,11H2,1H3,(H,18,22). The minimum absolute atomic E-state index is 0.0796. The Labute approximate surface area is 135 Å². The van der Waals surface area contributed by atoms with Crippen molar-refractivity contribution in [2.45, 2.75) is 32.2 Å². The van der Waals surface area contributed by atoms with Crippen molar-refractivity contribution < 1.29 is 4.79 Å². The smallest absolute Gasteiger partial charge is 0.271 e. The molecule has 118 valence electrons. The lowest BCUT2D eigenvalue weighted by Crippen LogP contribution is -2.44. The Hall–Kier alpha value is -1.59. The number of pyridine rings is 1. The number of likely N-dealkylation sites (tertiary alicyclic amines) is 1. The second-order valence-electron chi connectivity index (χ2n) is 5.92. The topological polar surface area (TPSA) is 49.6 Å². The van der Waals surface area contributed by atoms with E-state index in [1.807, 2.05) is 25.1 Å². The fourth-order valence-corrected chi connectivity index (χ4v) is 3.30. The highest BCUT2D eigenvalue weighted by molar-refractivity contribution is 6.32. The number of nitrogens with one attached hydrogen (secondary N) is 1. The second-order valence-corrected chi connectivity index (χ2v) is 6.27. The van der Waals surface area contributed by atoms with Crippen LogP contribution in [0.3, 0.4) is 0 Å². The van der Waals surface area contributed by atoms with E-state index >= 15 is 0 Å². The third kappa shape index (κ3) is 3.25. The van der Waals surface area contributed by atoms with Gasteiger partial charge in [-0.15, -0.1) is 0 Å². The second kappa shape index (κ2) is 6.67. The summed E-state index contributed by atoms with van der Waals surface area (Å²) >= 11 is 6.13. The van der Waals surface area contributed by atoms with E-state index in [2.05, 4.69) is 15.2 Å². The Morgan fingerprint density at radius 1 is 1.36 bits per heavy atom. The third-order valence-corrected chi connectivity index (χ3v) is 4.32. The van der Waals surface area contributed by atoms with Crippen molar-refractivity contribution in [3.63, 3.8) is 0 Å². The number of nitrogens with zero attached hydrogens (tertiary/aromatic N) is 3. The van der Waals surface area contributed by atoms with E-state index in [-0.39, 0.29) is 17.1 Å². The zero-order chi connectivity index (χ0) is 15.5. The molecule has 2 aromatic heterocycles. The van der Waals surface area contributed by atoms with Gasteiger partial charge in [0.2, 0.25) is 0 Å². The van der Waals surface area contributed by atoms with Gasteiger partial charge in [-0.05, 0) is 45.0 Å². The minimum atomic E-state index is -0.173. The molecule has 0 aliphatic carbocycles. The highest BCUT2D eigenvalue weighted by Crippen LogP contribution is 2.17. The van der Waals surface area contributed by atoms with E-state index < -0.39 is 0 Å². The monoisotopic (exact) mass is 320 g/mol. The Kier molecular flexibility index (Phi) is 4.64. The number of hydrogen-bond donors (Lipinski definition) is 1. The molecule has 1 unspecified atom stereocenters. The van der Waals surface area contributed by atoms with Crippen LogP contribution in [0.2, 0.25) is 5.15 Å². The van der Waals surface area contributed by atoms with Gasteiger partial charge in [-0.3, -0.25) is 9.20 Å². The number of fused-ring (bicyclic) bond motifs is 1. The molecule has 0 aromatic carbocycles. The maximum absolute atomic E-state index is 12.5. The summed E-state index contributed by atoms with van der Waals surface area (Å²) in [6.07, 6.45) is 5.62. The molecule has 1 atom stereocenters. The van der Waals surface area contributed by atoms with Gasteiger partial charge in [0.25, 0.3) is 5.91 Å². The van der Waals surface area contributed by atoms with Crippen LogP contribution >= 0.6 is 11.6 Å². The zero-order valence-corrected chi connectivity index (χ0v) is 13.5. The van der Waals surface area contributed by atoms with Gasteiger partial charge in [0.05, 0.1) is 0 Å². The van der Waals surface area contributed by atoms with Crippen LogP contribution < -0.4 is 5.32 Å². The summed E-state index contributed by atoms with van der Waals surface area (Å²) in [4.78, 5) is 19.1. The lowest BCUT2D eigenvalue weighted by atomic mass is 10.1. The lowest BCUT2D eigenvalue weighted by molar-refractivity contribution is 0.0920. The summed E-state index contributed by atoms with van der Waals surface area (Å²) in [5, 5.41) is 3.28. The summed E-state index contributed by atoms with van der Waals surface area (Å²) in [7, 11) is 0. The third-order valence-electron chi connectivity index (χ3n) is 4.06. The van der Waals surface area contributed by atoms with E-state index in [9.17, 15) is 4.79 Å². The van der Waals surface area contributed by atoms with Crippen LogP contribution in [0.5, 0.6) is 0 Å². The van der Waals surface area contributed by atoms with Crippen molar-refractivity contribution >= 4 is 23.2 Å². The maximum atomic E-state index is 12.5. The van der Waals surface area contributed by atoms with Gasteiger partial charge in [-0.1, -0.05) is 24.1 Å². The number of aromatic nitrogens is 2. The molecule has 22 heavy (non-hydrogen) atoms. The average Bonchev–Trinajstić information content (AvgIpc) is 2.83. The van der Waals surface area contributed by atoms with Crippen LogP contribution in [0.25, 0.3) is 5.65 Å². The van der Waals surface area contributed by atoms with Gasteiger partial charge in [-0.25, -0.2) is 4.98 Å². The first kappa shape index (κ1) is 15.3. The van der Waals surface area contributed by atoms with Crippen molar-refractivity contribution in [2.75, 3.05) is 19.6 Å². The summed E-state index contributed by atoms with van der Waals surface area (Å²) < 4.78 is 1.73. The molecule has 1 saturated heterocycles. The Morgan fingerprint density at radius 3 is 2.91 bits per heavy atom. The van der Waals surface area contributed by atoms with Crippen LogP contribution in [0.1, 0.15) is 36.7 Å². The van der Waals surface area contributed by atoms with Crippen molar-refractivity contribution in [3.8, 4) is 0 Å². The van der Waals surface area contributed by atoms with E-state index in [0.717, 1.165) is 19.6 Å². The number of amides is 1.